The predicted molar refractivity (Wildman–Crippen MR) is 207 cm³/mol. The average molecular weight is 760 g/mol. The number of ether oxygens (including phenoxy) is 3. The number of hydrogen-bond donors (Lipinski definition) is 2. The van der Waals surface area contributed by atoms with E-state index in [9.17, 15) is 9.59 Å². The molecule has 54 heavy (non-hydrogen) atoms. The molecule has 3 aromatic carbocycles. The minimum atomic E-state index is -0.534. The highest BCUT2D eigenvalue weighted by Crippen LogP contribution is 2.33. The zero-order valence-corrected chi connectivity index (χ0v) is 31.8. The average Bonchev–Trinajstić information content (AvgIpc) is 3.16. The number of anilines is 3. The molecule has 0 atom stereocenters. The second kappa shape index (κ2) is 18.5. The Morgan fingerprint density at radius 1 is 0.926 bits per heavy atom. The number of rotatable bonds is 14. The van der Waals surface area contributed by atoms with E-state index in [1.54, 1.807) is 35.2 Å². The summed E-state index contributed by atoms with van der Waals surface area (Å²) in [4.78, 5) is 41.9. The topological polar surface area (TPSA) is 121 Å². The number of hydrogen-bond acceptors (Lipinski definition) is 10. The Kier molecular flexibility index (Phi) is 13.3. The van der Waals surface area contributed by atoms with Crippen LogP contribution in [0.4, 0.5) is 21.7 Å². The van der Waals surface area contributed by atoms with E-state index in [-0.39, 0.29) is 46.2 Å². The van der Waals surface area contributed by atoms with Crippen LogP contribution in [0.15, 0.2) is 60.8 Å². The molecule has 14 heteroatoms. The highest BCUT2D eigenvalue weighted by Gasteiger charge is 2.22. The lowest BCUT2D eigenvalue weighted by atomic mass is 10.1. The third-order valence-electron chi connectivity index (χ3n) is 9.50. The number of morpholine rings is 1. The van der Waals surface area contributed by atoms with Crippen LogP contribution >= 0.6 is 11.6 Å². The van der Waals surface area contributed by atoms with Crippen LogP contribution in [0.2, 0.25) is 5.02 Å². The molecule has 0 radical (unpaired) electrons. The van der Waals surface area contributed by atoms with Gasteiger partial charge in [0.1, 0.15) is 17.9 Å². The summed E-state index contributed by atoms with van der Waals surface area (Å²) in [5.41, 5.74) is 3.56. The predicted octanol–water partition coefficient (Wildman–Crippen LogP) is 6.48. The molecule has 0 bridgehead atoms. The number of aryl methyl sites for hydroxylation is 2. The molecule has 2 amide bonds. The second-order valence-electron chi connectivity index (χ2n) is 13.5. The number of halogens is 2. The minimum Gasteiger partial charge on any atom is -0.489 e. The van der Waals surface area contributed by atoms with Crippen molar-refractivity contribution in [1.29, 1.82) is 0 Å². The van der Waals surface area contributed by atoms with Crippen molar-refractivity contribution in [3.8, 4) is 17.4 Å². The van der Waals surface area contributed by atoms with Gasteiger partial charge in [0.25, 0.3) is 5.91 Å². The standard InChI is InChI=1S/C40H47ClFN7O5/c1-4-12-47-13-15-48(16-14-47)17-22-53-35-11-9-30(25-33(35)42)44-40-43-26-31(38(51)45-37-27(2)6-5-7-28(37)3)39(46-40)54-34-10-8-29(23-32(34)41)24-36(50)49-18-20-52-21-19-49/h5-11,23,25-26H,4,12-22,24H2,1-3H3,(H,45,51)(H,43,44,46). The van der Waals surface area contributed by atoms with Crippen molar-refractivity contribution < 1.29 is 28.2 Å². The van der Waals surface area contributed by atoms with Crippen LogP contribution < -0.4 is 20.1 Å². The molecule has 2 saturated heterocycles. The molecule has 0 aliphatic carbocycles. The van der Waals surface area contributed by atoms with Crippen molar-refractivity contribution in [2.75, 3.05) is 82.8 Å². The van der Waals surface area contributed by atoms with E-state index in [1.165, 1.54) is 12.3 Å². The molecule has 2 N–H and O–H groups in total. The zero-order valence-electron chi connectivity index (χ0n) is 31.0. The van der Waals surface area contributed by atoms with Crippen molar-refractivity contribution in [1.82, 2.24) is 24.7 Å². The second-order valence-corrected chi connectivity index (χ2v) is 13.9. The molecule has 2 aliphatic heterocycles. The van der Waals surface area contributed by atoms with Crippen molar-refractivity contribution in [2.24, 2.45) is 0 Å². The van der Waals surface area contributed by atoms with Crippen molar-refractivity contribution in [3.05, 3.63) is 93.9 Å². The summed E-state index contributed by atoms with van der Waals surface area (Å²) in [6.45, 7) is 14.3. The number of carbonyl (C=O) groups is 2. The van der Waals surface area contributed by atoms with Crippen LogP contribution in [-0.4, -0.2) is 109 Å². The number of carbonyl (C=O) groups excluding carboxylic acids is 2. The fourth-order valence-electron chi connectivity index (χ4n) is 6.46. The van der Waals surface area contributed by atoms with Gasteiger partial charge >= 0.3 is 0 Å². The van der Waals surface area contributed by atoms with Gasteiger partial charge < -0.3 is 34.6 Å². The van der Waals surface area contributed by atoms with Gasteiger partial charge in [-0.25, -0.2) is 9.37 Å². The number of piperazine rings is 1. The van der Waals surface area contributed by atoms with E-state index >= 15 is 4.39 Å². The van der Waals surface area contributed by atoms with E-state index in [2.05, 4.69) is 37.3 Å². The maximum absolute atomic E-state index is 15.2. The lowest BCUT2D eigenvalue weighted by Gasteiger charge is -2.34. The number of nitrogens with one attached hydrogen (secondary N) is 2. The Morgan fingerprint density at radius 2 is 1.63 bits per heavy atom. The van der Waals surface area contributed by atoms with Gasteiger partial charge in [-0.05, 0) is 67.8 Å². The molecular formula is C40H47ClFN7O5. The summed E-state index contributed by atoms with van der Waals surface area (Å²) in [7, 11) is 0. The summed E-state index contributed by atoms with van der Waals surface area (Å²) >= 11 is 6.66. The van der Waals surface area contributed by atoms with Gasteiger partial charge in [-0.3, -0.25) is 14.5 Å². The van der Waals surface area contributed by atoms with Gasteiger partial charge in [-0.2, -0.15) is 4.98 Å². The number of para-hydroxylation sites is 1. The molecule has 1 aromatic heterocycles. The number of amides is 2. The van der Waals surface area contributed by atoms with Crippen LogP contribution in [-0.2, 0) is 16.0 Å². The van der Waals surface area contributed by atoms with E-state index in [0.717, 1.165) is 56.8 Å². The van der Waals surface area contributed by atoms with Crippen LogP contribution in [0.3, 0.4) is 0 Å². The van der Waals surface area contributed by atoms with Gasteiger partial charge in [0.15, 0.2) is 11.6 Å². The lowest BCUT2D eigenvalue weighted by Crippen LogP contribution is -2.47. The van der Waals surface area contributed by atoms with Gasteiger partial charge in [-0.15, -0.1) is 0 Å². The van der Waals surface area contributed by atoms with Crippen LogP contribution in [0, 0.1) is 19.7 Å². The first kappa shape index (κ1) is 38.9. The highest BCUT2D eigenvalue weighted by molar-refractivity contribution is 6.32. The molecule has 2 fully saturated rings. The molecule has 6 rings (SSSR count). The molecule has 12 nitrogen and oxygen atoms in total. The summed E-state index contributed by atoms with van der Waals surface area (Å²) in [5, 5.41) is 6.19. The fraction of sp³-hybridized carbons (Fsp3) is 0.400. The third kappa shape index (κ3) is 10.2. The van der Waals surface area contributed by atoms with Gasteiger partial charge in [0, 0.05) is 69.5 Å². The monoisotopic (exact) mass is 759 g/mol. The van der Waals surface area contributed by atoms with Gasteiger partial charge in [-0.1, -0.05) is 42.8 Å². The van der Waals surface area contributed by atoms with E-state index in [0.29, 0.717) is 49.8 Å². The zero-order chi connectivity index (χ0) is 38.0. The van der Waals surface area contributed by atoms with Crippen LogP contribution in [0.5, 0.6) is 17.4 Å². The molecule has 3 heterocycles. The molecular weight excluding hydrogens is 713 g/mol. The van der Waals surface area contributed by atoms with Crippen molar-refractivity contribution in [2.45, 2.75) is 33.6 Å². The van der Waals surface area contributed by atoms with E-state index < -0.39 is 11.7 Å². The third-order valence-corrected chi connectivity index (χ3v) is 9.79. The molecule has 2 aliphatic rings. The van der Waals surface area contributed by atoms with E-state index in [1.807, 2.05) is 32.0 Å². The first-order valence-electron chi connectivity index (χ1n) is 18.4. The Hall–Kier alpha value is -4.82. The molecule has 0 unspecified atom stereocenters. The smallest absolute Gasteiger partial charge is 0.262 e. The number of aromatic nitrogens is 2. The van der Waals surface area contributed by atoms with Crippen molar-refractivity contribution >= 4 is 40.7 Å². The first-order chi connectivity index (χ1) is 26.2. The summed E-state index contributed by atoms with van der Waals surface area (Å²) < 4.78 is 32.5. The first-order valence-corrected chi connectivity index (χ1v) is 18.7. The normalized spacial score (nSPS) is 15.2. The largest absolute Gasteiger partial charge is 0.489 e. The molecule has 4 aromatic rings. The summed E-state index contributed by atoms with van der Waals surface area (Å²) in [5.74, 6) is -0.689. The van der Waals surface area contributed by atoms with Crippen LogP contribution in [0.25, 0.3) is 0 Å². The maximum Gasteiger partial charge on any atom is 0.262 e. The van der Waals surface area contributed by atoms with Gasteiger partial charge in [0.2, 0.25) is 17.7 Å². The Morgan fingerprint density at radius 3 is 2.31 bits per heavy atom. The maximum atomic E-state index is 15.2. The molecule has 0 saturated carbocycles. The quantitative estimate of drug-likeness (QED) is 0.148. The fourth-order valence-corrected chi connectivity index (χ4v) is 6.70. The van der Waals surface area contributed by atoms with Crippen molar-refractivity contribution in [3.63, 3.8) is 0 Å². The minimum absolute atomic E-state index is 0.0209. The number of nitrogens with zero attached hydrogens (tertiary/aromatic N) is 5. The molecule has 0 spiro atoms. The van der Waals surface area contributed by atoms with Crippen LogP contribution in [0.1, 0.15) is 40.4 Å². The summed E-state index contributed by atoms with van der Waals surface area (Å²) in [6, 6.07) is 15.3. The SMILES string of the molecule is CCCN1CCN(CCOc2ccc(Nc3ncc(C(=O)Nc4c(C)cccc4C)c(Oc4ccc(CC(=O)N5CCOCC5)cc4Cl)n3)cc2F)CC1. The number of benzene rings is 3. The molecule has 286 valence electrons. The van der Waals surface area contributed by atoms with Gasteiger partial charge in [0.05, 0.1) is 24.7 Å². The Labute approximate surface area is 320 Å². The van der Waals surface area contributed by atoms with E-state index in [4.69, 9.17) is 25.8 Å². The Balaban J connectivity index is 1.16. The summed E-state index contributed by atoms with van der Waals surface area (Å²) in [6.07, 6.45) is 2.66. The highest BCUT2D eigenvalue weighted by atomic mass is 35.5. The Bertz CT molecular complexity index is 1910. The lowest BCUT2D eigenvalue weighted by molar-refractivity contribution is -0.134.